The lowest BCUT2D eigenvalue weighted by Crippen LogP contribution is -2.61. The van der Waals surface area contributed by atoms with Crippen molar-refractivity contribution >= 4 is 78.5 Å². The molecule has 0 bridgehead atoms. The molecule has 0 spiro atoms. The van der Waals surface area contributed by atoms with E-state index in [1.807, 2.05) is 0 Å². The van der Waals surface area contributed by atoms with E-state index in [0.717, 1.165) is 0 Å². The molecule has 2 fully saturated rings. The summed E-state index contributed by atoms with van der Waals surface area (Å²) in [4.78, 5) is 123. The van der Waals surface area contributed by atoms with E-state index in [1.165, 1.54) is 34.1 Å². The lowest BCUT2D eigenvalue weighted by atomic mass is 10.00. The fourth-order valence-electron chi connectivity index (χ4n) is 7.62. The molecule has 3 rings (SSSR count). The quantitative estimate of drug-likeness (QED) is 0.0310. The van der Waals surface area contributed by atoms with Gasteiger partial charge in [-0.05, 0) is 75.1 Å². The van der Waals surface area contributed by atoms with E-state index in [2.05, 4.69) is 57.2 Å². The van der Waals surface area contributed by atoms with E-state index in [0.29, 0.717) is 31.2 Å². The van der Waals surface area contributed by atoms with Crippen molar-refractivity contribution in [3.63, 3.8) is 0 Å². The van der Waals surface area contributed by atoms with Gasteiger partial charge in [-0.1, -0.05) is 26.0 Å². The Kier molecular flexibility index (Phi) is 23.1. The summed E-state index contributed by atoms with van der Waals surface area (Å²) in [6.45, 7) is 2.11. The molecule has 0 saturated carbocycles. The highest BCUT2D eigenvalue weighted by Crippen LogP contribution is 2.22. The molecule has 2 heterocycles. The Morgan fingerprint density at radius 1 is 0.672 bits per heavy atom. The van der Waals surface area contributed by atoms with E-state index in [-0.39, 0.29) is 62.6 Å². The third kappa shape index (κ3) is 16.2. The molecule has 2 aliphatic heterocycles. The number of phenolic OH excluding ortho intramolecular Hbond substituents is 1. The smallest absolute Gasteiger partial charge is 0.327 e. The second-order valence-electron chi connectivity index (χ2n) is 16.7. The first kappa shape index (κ1) is 56.1. The van der Waals surface area contributed by atoms with Gasteiger partial charge in [0.05, 0.1) is 19.3 Å². The fraction of sp³-hybridized carbons (Fsp3) is 0.643. The van der Waals surface area contributed by atoms with Gasteiger partial charge in [0.15, 0.2) is 0 Å². The van der Waals surface area contributed by atoms with Crippen LogP contribution in [0.1, 0.15) is 64.4 Å². The normalized spacial score (nSPS) is 18.9. The Labute approximate surface area is 399 Å². The molecule has 9 atom stereocenters. The molecule has 1 aromatic carbocycles. The van der Waals surface area contributed by atoms with Crippen LogP contribution in [0.4, 0.5) is 0 Å². The molecule has 25 heteroatoms. The van der Waals surface area contributed by atoms with Gasteiger partial charge in [-0.15, -0.1) is 0 Å². The number of aliphatic carboxylic acids is 1. The molecule has 0 radical (unpaired) electrons. The van der Waals surface area contributed by atoms with Gasteiger partial charge in [0.1, 0.15) is 54.1 Å². The SMILES string of the molecule is CC(C)[C@H](NC(=O)[C@@H]1CCCN1C(=O)[C@H](CO)NC(=O)[C@@H](N)CS)C(=O)N[C@@H](CCCCN)C(=O)N[C@@H](Cc1ccc(O)cc1)C(=O)N1CCC[C@H]1C(=O)N[C@@H](CO)C(=O)N[C@@H](CS)C(=O)O. The lowest BCUT2D eigenvalue weighted by Gasteiger charge is -2.32. The molecule has 0 unspecified atom stereocenters. The summed E-state index contributed by atoms with van der Waals surface area (Å²) in [5.41, 5.74) is 12.0. The van der Waals surface area contributed by atoms with Gasteiger partial charge in [-0.3, -0.25) is 38.4 Å². The maximum atomic E-state index is 14.5. The number of aromatic hydroxyl groups is 1. The van der Waals surface area contributed by atoms with Gasteiger partial charge in [0.2, 0.25) is 47.3 Å². The molecule has 374 valence electrons. The number of rotatable bonds is 26. The van der Waals surface area contributed by atoms with E-state index in [1.54, 1.807) is 13.8 Å². The van der Waals surface area contributed by atoms with E-state index in [9.17, 15) is 63.6 Å². The van der Waals surface area contributed by atoms with Crippen molar-refractivity contribution in [2.45, 2.75) is 120 Å². The minimum absolute atomic E-state index is 0.0199. The number of benzene rings is 1. The second-order valence-corrected chi connectivity index (χ2v) is 17.5. The van der Waals surface area contributed by atoms with Crippen LogP contribution in [0.25, 0.3) is 0 Å². The largest absolute Gasteiger partial charge is 0.508 e. The van der Waals surface area contributed by atoms with Crippen LogP contribution in [0.3, 0.4) is 0 Å². The third-order valence-electron chi connectivity index (χ3n) is 11.4. The van der Waals surface area contributed by atoms with Crippen LogP contribution in [-0.2, 0) is 49.6 Å². The number of aliphatic hydroxyl groups is 2. The van der Waals surface area contributed by atoms with Gasteiger partial charge < -0.3 is 73.6 Å². The highest BCUT2D eigenvalue weighted by molar-refractivity contribution is 7.80. The number of carbonyl (C=O) groups excluding carboxylic acids is 8. The van der Waals surface area contributed by atoms with E-state index in [4.69, 9.17) is 11.5 Å². The van der Waals surface area contributed by atoms with Gasteiger partial charge in [0.25, 0.3) is 0 Å². The highest BCUT2D eigenvalue weighted by Gasteiger charge is 2.42. The molecule has 67 heavy (non-hydrogen) atoms. The number of nitrogens with one attached hydrogen (secondary N) is 6. The first-order valence-electron chi connectivity index (χ1n) is 22.1. The topological polar surface area (TPSA) is 365 Å². The van der Waals surface area contributed by atoms with Crippen LogP contribution in [0.15, 0.2) is 24.3 Å². The number of carboxylic acid groups (broad SMARTS) is 1. The van der Waals surface area contributed by atoms with Crippen LogP contribution >= 0.6 is 25.3 Å². The summed E-state index contributed by atoms with van der Waals surface area (Å²) in [6, 6.07) is -5.68. The number of carbonyl (C=O) groups is 9. The Bertz CT molecular complexity index is 1900. The number of nitrogens with zero attached hydrogens (tertiary/aromatic N) is 2. The number of likely N-dealkylation sites (tertiary alicyclic amines) is 2. The van der Waals surface area contributed by atoms with Crippen molar-refractivity contribution in [2.24, 2.45) is 17.4 Å². The first-order valence-corrected chi connectivity index (χ1v) is 23.4. The molecular weight excluding hydrogens is 917 g/mol. The molecular formula is C42H66N10O13S2. The minimum atomic E-state index is -1.57. The number of hydrogen-bond acceptors (Lipinski definition) is 16. The molecule has 2 saturated heterocycles. The standard InChI is InChI=1S/C42H66N10O13S2/c1-22(2)33(50-38(60)32-9-6-16-52(32)41(63)29(19-54)48-34(56)25(44)20-66)39(61)45-26(7-3-4-14-43)35(57)46-27(17-23-10-12-24(55)13-11-23)40(62)51-15-5-8-31(51)37(59)47-28(18-53)36(58)49-30(21-67)42(64)65/h10-13,22,25-33,53-55,66-67H,3-9,14-21,43-44H2,1-2H3,(H,45,61)(H,46,57)(H,47,59)(H,48,56)(H,49,58)(H,50,60)(H,64,65)/t25-,26-,27-,28-,29-,30-,31-,32-,33-/m0/s1. The van der Waals surface area contributed by atoms with Gasteiger partial charge in [-0.25, -0.2) is 4.79 Å². The summed E-state index contributed by atoms with van der Waals surface area (Å²) in [5.74, 6) is -8.46. The van der Waals surface area contributed by atoms with Crippen molar-refractivity contribution < 1.29 is 63.6 Å². The summed E-state index contributed by atoms with van der Waals surface area (Å²) in [7, 11) is 0. The van der Waals surface area contributed by atoms with Crippen molar-refractivity contribution in [3.05, 3.63) is 29.8 Å². The number of nitrogens with two attached hydrogens (primary N) is 2. The number of aliphatic hydroxyl groups excluding tert-OH is 2. The number of phenols is 1. The number of hydrogen-bond donors (Lipinski definition) is 14. The van der Waals surface area contributed by atoms with Crippen LogP contribution in [-0.4, -0.2) is 182 Å². The third-order valence-corrected chi connectivity index (χ3v) is 12.2. The monoisotopic (exact) mass is 982 g/mol. The Hall–Kier alpha value is -5.21. The maximum absolute atomic E-state index is 14.5. The second kappa shape index (κ2) is 27.6. The summed E-state index contributed by atoms with van der Waals surface area (Å²) < 4.78 is 0. The van der Waals surface area contributed by atoms with Crippen LogP contribution < -0.4 is 43.4 Å². The number of thiol groups is 2. The number of amides is 8. The lowest BCUT2D eigenvalue weighted by molar-refractivity contribution is -0.144. The van der Waals surface area contributed by atoms with Crippen molar-refractivity contribution in [1.82, 2.24) is 41.7 Å². The Balaban J connectivity index is 1.85. The Morgan fingerprint density at radius 2 is 1.18 bits per heavy atom. The zero-order valence-electron chi connectivity index (χ0n) is 37.6. The van der Waals surface area contributed by atoms with Crippen molar-refractivity contribution in [2.75, 3.05) is 44.4 Å². The van der Waals surface area contributed by atoms with Crippen LogP contribution in [0.2, 0.25) is 0 Å². The van der Waals surface area contributed by atoms with Gasteiger partial charge in [-0.2, -0.15) is 25.3 Å². The first-order chi connectivity index (χ1) is 31.8. The maximum Gasteiger partial charge on any atom is 0.327 e. The predicted octanol–water partition coefficient (Wildman–Crippen LogP) is -4.13. The van der Waals surface area contributed by atoms with Crippen LogP contribution in [0.5, 0.6) is 5.75 Å². The van der Waals surface area contributed by atoms with Crippen molar-refractivity contribution in [1.29, 1.82) is 0 Å². The summed E-state index contributed by atoms with van der Waals surface area (Å²) in [5, 5.41) is 54.2. The molecule has 2 aliphatic rings. The molecule has 0 aliphatic carbocycles. The Morgan fingerprint density at radius 3 is 1.69 bits per heavy atom. The summed E-state index contributed by atoms with van der Waals surface area (Å²) in [6.07, 6.45) is 1.86. The highest BCUT2D eigenvalue weighted by atomic mass is 32.1. The van der Waals surface area contributed by atoms with Crippen molar-refractivity contribution in [3.8, 4) is 5.75 Å². The zero-order valence-corrected chi connectivity index (χ0v) is 39.4. The van der Waals surface area contributed by atoms with E-state index < -0.39 is 127 Å². The minimum Gasteiger partial charge on any atom is -0.508 e. The molecule has 14 N–H and O–H groups in total. The molecule has 1 aromatic rings. The zero-order chi connectivity index (χ0) is 50.0. The predicted molar refractivity (Wildman–Crippen MR) is 248 cm³/mol. The average molecular weight is 983 g/mol. The molecule has 8 amide bonds. The molecule has 23 nitrogen and oxygen atoms in total. The summed E-state index contributed by atoms with van der Waals surface area (Å²) >= 11 is 7.89. The number of unbranched alkanes of at least 4 members (excludes halogenated alkanes) is 1. The van der Waals surface area contributed by atoms with E-state index >= 15 is 0 Å². The van der Waals surface area contributed by atoms with Gasteiger partial charge >= 0.3 is 5.97 Å². The fourth-order valence-corrected chi connectivity index (χ4v) is 8.03. The number of carboxylic acids is 1. The van der Waals surface area contributed by atoms with Crippen LogP contribution in [0, 0.1) is 5.92 Å². The average Bonchev–Trinajstić information content (AvgIpc) is 4.01. The van der Waals surface area contributed by atoms with Gasteiger partial charge in [0, 0.05) is 31.0 Å². The molecule has 0 aromatic heterocycles.